The summed E-state index contributed by atoms with van der Waals surface area (Å²) in [6.45, 7) is -0.00283. The third-order valence-corrected chi connectivity index (χ3v) is 6.36. The van der Waals surface area contributed by atoms with E-state index in [9.17, 15) is 13.2 Å². The van der Waals surface area contributed by atoms with Gasteiger partial charge in [0.25, 0.3) is 5.91 Å². The second kappa shape index (κ2) is 7.99. The van der Waals surface area contributed by atoms with Gasteiger partial charge in [-0.1, -0.05) is 0 Å². The number of ether oxygens (including phenoxy) is 2. The molecule has 3 rings (SSSR count). The minimum Gasteiger partial charge on any atom is -0.493 e. The van der Waals surface area contributed by atoms with Crippen molar-refractivity contribution in [3.05, 3.63) is 35.2 Å². The van der Waals surface area contributed by atoms with E-state index in [1.54, 1.807) is 6.07 Å². The summed E-state index contributed by atoms with van der Waals surface area (Å²) in [5, 5.41) is 9.66. The zero-order valence-electron chi connectivity index (χ0n) is 15.4. The quantitative estimate of drug-likeness (QED) is 0.738. The maximum Gasteiger partial charge on any atom is 0.272 e. The van der Waals surface area contributed by atoms with E-state index in [1.807, 2.05) is 0 Å². The number of amides is 1. The summed E-state index contributed by atoms with van der Waals surface area (Å²) in [5.41, 5.74) is 2.32. The minimum absolute atomic E-state index is 0.00283. The number of aryl methyl sites for hydroxylation is 1. The van der Waals surface area contributed by atoms with Crippen LogP contribution in [0.1, 0.15) is 34.6 Å². The first-order valence-electron chi connectivity index (χ1n) is 8.75. The molecule has 0 fully saturated rings. The molecule has 1 heterocycles. The number of hydrogen-bond donors (Lipinski definition) is 2. The predicted octanol–water partition coefficient (Wildman–Crippen LogP) is 1.51. The Bertz CT molecular complexity index is 936. The number of rotatable bonds is 7. The molecule has 27 heavy (non-hydrogen) atoms. The highest BCUT2D eigenvalue weighted by molar-refractivity contribution is 7.91. The third kappa shape index (κ3) is 4.08. The molecule has 146 valence electrons. The van der Waals surface area contributed by atoms with E-state index in [4.69, 9.17) is 9.47 Å². The van der Waals surface area contributed by atoms with Gasteiger partial charge in [0.05, 0.1) is 24.9 Å². The van der Waals surface area contributed by atoms with Crippen molar-refractivity contribution >= 4 is 15.7 Å². The highest BCUT2D eigenvalue weighted by Crippen LogP contribution is 2.29. The molecular formula is C18H23N3O5S. The Morgan fingerprint density at radius 2 is 1.93 bits per heavy atom. The number of nitrogens with one attached hydrogen (secondary N) is 2. The van der Waals surface area contributed by atoms with Gasteiger partial charge in [0.2, 0.25) is 0 Å². The Balaban J connectivity index is 1.64. The largest absolute Gasteiger partial charge is 0.493 e. The van der Waals surface area contributed by atoms with Gasteiger partial charge in [-0.15, -0.1) is 0 Å². The number of H-pyrrole nitrogens is 1. The van der Waals surface area contributed by atoms with Crippen molar-refractivity contribution in [3.63, 3.8) is 0 Å². The molecule has 1 aliphatic carbocycles. The molecule has 0 radical (unpaired) electrons. The molecule has 9 heteroatoms. The fourth-order valence-electron chi connectivity index (χ4n) is 3.18. The molecule has 0 saturated carbocycles. The molecule has 1 aromatic carbocycles. The van der Waals surface area contributed by atoms with Crippen LogP contribution in [0.2, 0.25) is 0 Å². The second-order valence-electron chi connectivity index (χ2n) is 6.33. The van der Waals surface area contributed by atoms with Gasteiger partial charge in [-0.25, -0.2) is 8.42 Å². The number of sulfone groups is 1. The maximum atomic E-state index is 12.5. The number of nitrogens with zero attached hydrogens (tertiary/aromatic N) is 1. The highest BCUT2D eigenvalue weighted by atomic mass is 32.2. The lowest BCUT2D eigenvalue weighted by molar-refractivity contribution is 0.0950. The molecule has 0 spiro atoms. The van der Waals surface area contributed by atoms with Crippen molar-refractivity contribution in [2.24, 2.45) is 0 Å². The summed E-state index contributed by atoms with van der Waals surface area (Å²) in [6.07, 6.45) is 3.82. The average molecular weight is 393 g/mol. The summed E-state index contributed by atoms with van der Waals surface area (Å²) in [4.78, 5) is 12.5. The first-order chi connectivity index (χ1) is 13.0. The number of carbonyl (C=O) groups is 1. The van der Waals surface area contributed by atoms with Gasteiger partial charge in [-0.2, -0.15) is 5.10 Å². The van der Waals surface area contributed by atoms with Crippen molar-refractivity contribution in [1.29, 1.82) is 0 Å². The number of hydrogen-bond acceptors (Lipinski definition) is 6. The van der Waals surface area contributed by atoms with E-state index < -0.39 is 9.84 Å². The topological polar surface area (TPSA) is 110 Å². The molecule has 1 aromatic heterocycles. The van der Waals surface area contributed by atoms with Gasteiger partial charge in [0.15, 0.2) is 27.0 Å². The first kappa shape index (κ1) is 19.2. The van der Waals surface area contributed by atoms with E-state index in [0.29, 0.717) is 17.2 Å². The molecule has 1 aliphatic rings. The van der Waals surface area contributed by atoms with Crippen molar-refractivity contribution in [3.8, 4) is 11.5 Å². The van der Waals surface area contributed by atoms with Gasteiger partial charge in [-0.3, -0.25) is 9.89 Å². The van der Waals surface area contributed by atoms with Crippen molar-refractivity contribution < 1.29 is 22.7 Å². The molecule has 1 amide bonds. The molecule has 0 atom stereocenters. The van der Waals surface area contributed by atoms with E-state index in [-0.39, 0.29) is 23.1 Å². The van der Waals surface area contributed by atoms with Crippen LogP contribution >= 0.6 is 0 Å². The van der Waals surface area contributed by atoms with Crippen LogP contribution in [-0.4, -0.2) is 51.0 Å². The van der Waals surface area contributed by atoms with Crippen LogP contribution in [0.3, 0.4) is 0 Å². The van der Waals surface area contributed by atoms with Crippen LogP contribution < -0.4 is 14.8 Å². The Kier molecular flexibility index (Phi) is 5.69. The molecule has 8 nitrogen and oxygen atoms in total. The number of carbonyl (C=O) groups excluding carboxylic acids is 1. The van der Waals surface area contributed by atoms with Crippen LogP contribution in [0.5, 0.6) is 11.5 Å². The zero-order valence-corrected chi connectivity index (χ0v) is 16.2. The number of aromatic amines is 1. The van der Waals surface area contributed by atoms with E-state index in [1.165, 1.54) is 26.4 Å². The third-order valence-electron chi connectivity index (χ3n) is 4.64. The standard InChI is InChI=1S/C18H23N3O5S/c1-25-15-8-7-12(11-16(15)26-2)27(23,24)10-9-19-18(22)17-13-5-3-4-6-14(13)20-21-17/h7-8,11H,3-6,9-10H2,1-2H3,(H,19,22)(H,20,21). The van der Waals surface area contributed by atoms with Crippen LogP contribution in [0.4, 0.5) is 0 Å². The SMILES string of the molecule is COc1ccc(S(=O)(=O)CCNC(=O)c2n[nH]c3c2CCCC3)cc1OC. The first-order valence-corrected chi connectivity index (χ1v) is 10.4. The normalized spacial score (nSPS) is 13.7. The van der Waals surface area contributed by atoms with Crippen molar-refractivity contribution in [2.45, 2.75) is 30.6 Å². The number of fused-ring (bicyclic) bond motifs is 1. The predicted molar refractivity (Wildman–Crippen MR) is 99.2 cm³/mol. The molecule has 0 unspecified atom stereocenters. The maximum absolute atomic E-state index is 12.5. The van der Waals surface area contributed by atoms with E-state index in [0.717, 1.165) is 36.9 Å². The Morgan fingerprint density at radius 3 is 2.67 bits per heavy atom. The van der Waals surface area contributed by atoms with Crippen LogP contribution in [0.15, 0.2) is 23.1 Å². The molecule has 2 aromatic rings. The van der Waals surface area contributed by atoms with Gasteiger partial charge >= 0.3 is 0 Å². The monoisotopic (exact) mass is 393 g/mol. The van der Waals surface area contributed by atoms with E-state index >= 15 is 0 Å². The molecular weight excluding hydrogens is 370 g/mol. The average Bonchev–Trinajstić information content (AvgIpc) is 3.11. The van der Waals surface area contributed by atoms with E-state index in [2.05, 4.69) is 15.5 Å². The van der Waals surface area contributed by atoms with Crippen LogP contribution in [0, 0.1) is 0 Å². The minimum atomic E-state index is -3.58. The van der Waals surface area contributed by atoms with Crippen molar-refractivity contribution in [2.75, 3.05) is 26.5 Å². The van der Waals surface area contributed by atoms with Gasteiger partial charge in [0, 0.05) is 23.9 Å². The number of benzene rings is 1. The highest BCUT2D eigenvalue weighted by Gasteiger charge is 2.22. The zero-order chi connectivity index (χ0) is 19.4. The lowest BCUT2D eigenvalue weighted by atomic mass is 9.96. The molecule has 2 N–H and O–H groups in total. The molecule has 0 saturated heterocycles. The Labute approximate surface area is 158 Å². The molecule has 0 bridgehead atoms. The second-order valence-corrected chi connectivity index (χ2v) is 8.44. The summed E-state index contributed by atoms with van der Waals surface area (Å²) in [7, 11) is -0.653. The van der Waals surface area contributed by atoms with Gasteiger partial charge in [0.1, 0.15) is 0 Å². The summed E-state index contributed by atoms with van der Waals surface area (Å²) >= 11 is 0. The Morgan fingerprint density at radius 1 is 1.19 bits per heavy atom. The molecule has 0 aliphatic heterocycles. The summed E-state index contributed by atoms with van der Waals surface area (Å²) < 4.78 is 35.3. The lowest BCUT2D eigenvalue weighted by Crippen LogP contribution is -2.30. The van der Waals surface area contributed by atoms with Crippen molar-refractivity contribution in [1.82, 2.24) is 15.5 Å². The lowest BCUT2D eigenvalue weighted by Gasteiger charge is -2.12. The van der Waals surface area contributed by atoms with Crippen LogP contribution in [-0.2, 0) is 22.7 Å². The smallest absolute Gasteiger partial charge is 0.272 e. The Hall–Kier alpha value is -2.55. The number of methoxy groups -OCH3 is 2. The number of aromatic nitrogens is 2. The summed E-state index contributed by atoms with van der Waals surface area (Å²) in [6, 6.07) is 4.42. The van der Waals surface area contributed by atoms with Crippen LogP contribution in [0.25, 0.3) is 0 Å². The summed E-state index contributed by atoms with van der Waals surface area (Å²) in [5.74, 6) is 0.219. The fourth-order valence-corrected chi connectivity index (χ4v) is 4.35. The van der Waals surface area contributed by atoms with Gasteiger partial charge < -0.3 is 14.8 Å². The fraction of sp³-hybridized carbons (Fsp3) is 0.444. The van der Waals surface area contributed by atoms with Gasteiger partial charge in [-0.05, 0) is 37.8 Å².